The first-order valence-corrected chi connectivity index (χ1v) is 5.08. The van der Waals surface area contributed by atoms with Gasteiger partial charge >= 0.3 is 0 Å². The largest absolute Gasteiger partial charge is 0.380 e. The van der Waals surface area contributed by atoms with Gasteiger partial charge in [-0.25, -0.2) is 0 Å². The van der Waals surface area contributed by atoms with Gasteiger partial charge in [-0.05, 0) is 19.3 Å². The minimum atomic E-state index is 0.259. The fraction of sp³-hybridized carbons (Fsp3) is 0.900. The average Bonchev–Trinajstić information content (AvgIpc) is 2.18. The van der Waals surface area contributed by atoms with E-state index in [0.717, 1.165) is 32.4 Å². The quantitative estimate of drug-likeness (QED) is 0.665. The number of rotatable bonds is 3. The Hall–Kier alpha value is -0.570. The number of piperidine rings is 1. The van der Waals surface area contributed by atoms with Crippen molar-refractivity contribution in [3.05, 3.63) is 0 Å². The third-order valence-corrected chi connectivity index (χ3v) is 2.53. The van der Waals surface area contributed by atoms with E-state index in [1.54, 1.807) is 7.11 Å². The van der Waals surface area contributed by atoms with Crippen LogP contribution in [0.15, 0.2) is 0 Å². The predicted molar refractivity (Wildman–Crippen MR) is 51.5 cm³/mol. The molecule has 1 atom stereocenters. The molecular weight excluding hydrogens is 166 g/mol. The van der Waals surface area contributed by atoms with Gasteiger partial charge in [0.2, 0.25) is 5.91 Å². The zero-order chi connectivity index (χ0) is 9.68. The minimum absolute atomic E-state index is 0.259. The van der Waals surface area contributed by atoms with Crippen molar-refractivity contribution in [2.24, 2.45) is 0 Å². The molecule has 1 heterocycles. The Kier molecular flexibility index (Phi) is 4.22. The van der Waals surface area contributed by atoms with Crippen molar-refractivity contribution in [2.45, 2.75) is 38.7 Å². The van der Waals surface area contributed by atoms with E-state index in [1.165, 1.54) is 0 Å². The van der Waals surface area contributed by atoms with Crippen molar-refractivity contribution < 1.29 is 9.53 Å². The molecule has 0 bridgehead atoms. The lowest BCUT2D eigenvalue weighted by Gasteiger charge is -2.31. The molecule has 0 spiro atoms. The highest BCUT2D eigenvalue weighted by Crippen LogP contribution is 2.13. The zero-order valence-corrected chi connectivity index (χ0v) is 8.58. The van der Waals surface area contributed by atoms with E-state index in [1.807, 2.05) is 11.8 Å². The van der Waals surface area contributed by atoms with Crippen LogP contribution in [0.3, 0.4) is 0 Å². The summed E-state index contributed by atoms with van der Waals surface area (Å²) >= 11 is 0. The molecular formula is C10H19NO2. The fourth-order valence-electron chi connectivity index (χ4n) is 1.73. The zero-order valence-electron chi connectivity index (χ0n) is 8.58. The third-order valence-electron chi connectivity index (χ3n) is 2.53. The number of amides is 1. The number of carbonyl (C=O) groups excluding carboxylic acids is 1. The van der Waals surface area contributed by atoms with Gasteiger partial charge in [0.1, 0.15) is 0 Å². The van der Waals surface area contributed by atoms with E-state index >= 15 is 0 Å². The Morgan fingerprint density at radius 1 is 1.62 bits per heavy atom. The summed E-state index contributed by atoms with van der Waals surface area (Å²) in [5.74, 6) is 0.282. The number of carbonyl (C=O) groups is 1. The van der Waals surface area contributed by atoms with Crippen LogP contribution >= 0.6 is 0 Å². The molecule has 0 aliphatic carbocycles. The molecule has 0 saturated carbocycles. The van der Waals surface area contributed by atoms with Crippen LogP contribution in [-0.2, 0) is 9.53 Å². The highest BCUT2D eigenvalue weighted by Gasteiger charge is 2.22. The molecule has 1 saturated heterocycles. The molecule has 1 rings (SSSR count). The second kappa shape index (κ2) is 5.22. The van der Waals surface area contributed by atoms with E-state index < -0.39 is 0 Å². The van der Waals surface area contributed by atoms with E-state index in [9.17, 15) is 4.79 Å². The molecule has 1 amide bonds. The number of likely N-dealkylation sites (tertiary alicyclic amines) is 1. The van der Waals surface area contributed by atoms with Crippen LogP contribution in [0.2, 0.25) is 0 Å². The summed E-state index contributed by atoms with van der Waals surface area (Å²) in [5, 5.41) is 0. The van der Waals surface area contributed by atoms with E-state index in [0.29, 0.717) is 6.42 Å². The van der Waals surface area contributed by atoms with Gasteiger partial charge in [-0.2, -0.15) is 0 Å². The highest BCUT2D eigenvalue weighted by molar-refractivity contribution is 5.76. The molecule has 76 valence electrons. The van der Waals surface area contributed by atoms with Crippen LogP contribution in [-0.4, -0.2) is 37.1 Å². The van der Waals surface area contributed by atoms with Crippen LogP contribution in [0, 0.1) is 0 Å². The van der Waals surface area contributed by atoms with Crippen LogP contribution < -0.4 is 0 Å². The first kappa shape index (κ1) is 10.5. The molecule has 0 aromatic carbocycles. The van der Waals surface area contributed by atoms with Gasteiger partial charge in [-0.1, -0.05) is 6.92 Å². The Bertz CT molecular complexity index is 170. The smallest absolute Gasteiger partial charge is 0.222 e. The molecule has 1 aliphatic heterocycles. The van der Waals surface area contributed by atoms with Crippen molar-refractivity contribution in [2.75, 3.05) is 20.2 Å². The number of nitrogens with zero attached hydrogens (tertiary/aromatic N) is 1. The van der Waals surface area contributed by atoms with Crippen LogP contribution in [0.25, 0.3) is 0 Å². The predicted octanol–water partition coefficient (Wildman–Crippen LogP) is 1.42. The van der Waals surface area contributed by atoms with Gasteiger partial charge in [0, 0.05) is 26.6 Å². The molecule has 13 heavy (non-hydrogen) atoms. The highest BCUT2D eigenvalue weighted by atomic mass is 16.5. The monoisotopic (exact) mass is 185 g/mol. The summed E-state index contributed by atoms with van der Waals surface area (Å²) in [6.45, 7) is 3.74. The molecule has 0 N–H and O–H groups in total. The van der Waals surface area contributed by atoms with Crippen molar-refractivity contribution in [1.29, 1.82) is 0 Å². The average molecular weight is 185 g/mol. The Balaban J connectivity index is 2.37. The normalized spacial score (nSPS) is 23.2. The Morgan fingerprint density at radius 2 is 2.38 bits per heavy atom. The molecule has 0 aromatic rings. The van der Waals surface area contributed by atoms with E-state index in [2.05, 4.69) is 0 Å². The maximum atomic E-state index is 11.5. The van der Waals surface area contributed by atoms with Gasteiger partial charge in [-0.3, -0.25) is 4.79 Å². The molecule has 0 radical (unpaired) electrons. The lowest BCUT2D eigenvalue weighted by molar-refractivity contribution is -0.134. The maximum absolute atomic E-state index is 11.5. The fourth-order valence-corrected chi connectivity index (χ4v) is 1.73. The first-order chi connectivity index (χ1) is 6.27. The summed E-state index contributed by atoms with van der Waals surface area (Å²) < 4.78 is 5.26. The van der Waals surface area contributed by atoms with Gasteiger partial charge in [-0.15, -0.1) is 0 Å². The maximum Gasteiger partial charge on any atom is 0.222 e. The van der Waals surface area contributed by atoms with Gasteiger partial charge in [0.05, 0.1) is 6.10 Å². The topological polar surface area (TPSA) is 29.5 Å². The molecule has 0 aromatic heterocycles. The standard InChI is InChI=1S/C10H19NO2/c1-3-5-10(12)11-7-4-6-9(8-11)13-2/h9H,3-8H2,1-2H3. The van der Waals surface area contributed by atoms with Crippen molar-refractivity contribution in [3.8, 4) is 0 Å². The van der Waals surface area contributed by atoms with Crippen molar-refractivity contribution >= 4 is 5.91 Å². The molecule has 3 nitrogen and oxygen atoms in total. The number of ether oxygens (including phenoxy) is 1. The molecule has 1 unspecified atom stereocenters. The molecule has 3 heteroatoms. The van der Waals surface area contributed by atoms with Gasteiger partial charge < -0.3 is 9.64 Å². The number of methoxy groups -OCH3 is 1. The van der Waals surface area contributed by atoms with Crippen molar-refractivity contribution in [3.63, 3.8) is 0 Å². The molecule has 1 aliphatic rings. The van der Waals surface area contributed by atoms with E-state index in [-0.39, 0.29) is 12.0 Å². The van der Waals surface area contributed by atoms with E-state index in [4.69, 9.17) is 4.74 Å². The van der Waals surface area contributed by atoms with Crippen LogP contribution in [0.1, 0.15) is 32.6 Å². The number of hydrogen-bond acceptors (Lipinski definition) is 2. The van der Waals surface area contributed by atoms with Gasteiger partial charge in [0.25, 0.3) is 0 Å². The van der Waals surface area contributed by atoms with Gasteiger partial charge in [0.15, 0.2) is 0 Å². The summed E-state index contributed by atoms with van der Waals surface area (Å²) in [6, 6.07) is 0. The third kappa shape index (κ3) is 2.99. The Morgan fingerprint density at radius 3 is 3.00 bits per heavy atom. The van der Waals surface area contributed by atoms with Crippen molar-refractivity contribution in [1.82, 2.24) is 4.90 Å². The lowest BCUT2D eigenvalue weighted by Crippen LogP contribution is -2.42. The second-order valence-electron chi connectivity index (χ2n) is 3.59. The Labute approximate surface area is 80.1 Å². The number of hydrogen-bond donors (Lipinski definition) is 0. The summed E-state index contributed by atoms with van der Waals surface area (Å²) in [6.07, 6.45) is 4.04. The molecule has 1 fully saturated rings. The first-order valence-electron chi connectivity index (χ1n) is 5.08. The summed E-state index contributed by atoms with van der Waals surface area (Å²) in [4.78, 5) is 13.5. The van der Waals surface area contributed by atoms with Crippen LogP contribution in [0.5, 0.6) is 0 Å². The van der Waals surface area contributed by atoms with Crippen LogP contribution in [0.4, 0.5) is 0 Å². The minimum Gasteiger partial charge on any atom is -0.380 e. The SMILES string of the molecule is CCCC(=O)N1CCCC(OC)C1. The lowest BCUT2D eigenvalue weighted by atomic mass is 10.1. The summed E-state index contributed by atoms with van der Waals surface area (Å²) in [5.41, 5.74) is 0. The second-order valence-corrected chi connectivity index (χ2v) is 3.59. The summed E-state index contributed by atoms with van der Waals surface area (Å²) in [7, 11) is 1.72.